The average molecular weight is 382 g/mol. The zero-order valence-electron chi connectivity index (χ0n) is 15.4. The van der Waals surface area contributed by atoms with Crippen molar-refractivity contribution in [1.29, 1.82) is 0 Å². The summed E-state index contributed by atoms with van der Waals surface area (Å²) < 4.78 is 0. The average Bonchev–Trinajstić information content (AvgIpc) is 3.37. The molecule has 0 bridgehead atoms. The molecule has 0 spiro atoms. The molecule has 5 rings (SSSR count). The van der Waals surface area contributed by atoms with E-state index >= 15 is 0 Å². The molecule has 8 nitrogen and oxygen atoms in total. The lowest BCUT2D eigenvalue weighted by molar-refractivity contribution is -0.136. The number of imide groups is 2. The summed E-state index contributed by atoms with van der Waals surface area (Å²) in [5.74, 6) is -1.21. The van der Waals surface area contributed by atoms with Crippen molar-refractivity contribution in [2.45, 2.75) is 43.8 Å². The molecule has 3 N–H and O–H groups in total. The third kappa shape index (κ3) is 2.67. The Labute approximate surface area is 162 Å². The van der Waals surface area contributed by atoms with Crippen molar-refractivity contribution >= 4 is 23.6 Å². The van der Waals surface area contributed by atoms with Crippen LogP contribution in [0.2, 0.25) is 0 Å². The second-order valence-corrected chi connectivity index (χ2v) is 8.19. The summed E-state index contributed by atoms with van der Waals surface area (Å²) in [6.45, 7) is 2.70. The molecule has 3 aliphatic heterocycles. The number of piperidine rings is 2. The number of hydrogen-bond acceptors (Lipinski definition) is 6. The summed E-state index contributed by atoms with van der Waals surface area (Å²) in [7, 11) is 0. The van der Waals surface area contributed by atoms with Gasteiger partial charge in [-0.1, -0.05) is 6.07 Å². The van der Waals surface area contributed by atoms with Crippen molar-refractivity contribution in [3.05, 3.63) is 34.9 Å². The number of nitrogens with zero attached hydrogens (tertiary/aromatic N) is 1. The van der Waals surface area contributed by atoms with Crippen molar-refractivity contribution < 1.29 is 19.2 Å². The van der Waals surface area contributed by atoms with Crippen molar-refractivity contribution in [2.75, 3.05) is 13.1 Å². The quantitative estimate of drug-likeness (QED) is 0.630. The van der Waals surface area contributed by atoms with E-state index in [1.807, 2.05) is 6.07 Å². The van der Waals surface area contributed by atoms with E-state index in [9.17, 15) is 19.2 Å². The minimum Gasteiger partial charge on any atom is -0.316 e. The van der Waals surface area contributed by atoms with Gasteiger partial charge in [0.15, 0.2) is 0 Å². The van der Waals surface area contributed by atoms with Crippen LogP contribution in [-0.2, 0) is 16.1 Å². The van der Waals surface area contributed by atoms with Gasteiger partial charge in [0.05, 0.1) is 11.1 Å². The maximum absolute atomic E-state index is 12.9. The number of carbonyl (C=O) groups excluding carboxylic acids is 4. The molecule has 4 aliphatic rings. The van der Waals surface area contributed by atoms with E-state index in [4.69, 9.17) is 0 Å². The Bertz CT molecular complexity index is 913. The number of carbonyl (C=O) groups is 4. The number of fused-ring (bicyclic) bond motifs is 2. The molecule has 2 saturated heterocycles. The first-order valence-corrected chi connectivity index (χ1v) is 9.79. The third-order valence-corrected chi connectivity index (χ3v) is 6.52. The van der Waals surface area contributed by atoms with Gasteiger partial charge < -0.3 is 10.6 Å². The van der Waals surface area contributed by atoms with Crippen LogP contribution in [0.4, 0.5) is 0 Å². The number of nitrogens with one attached hydrogen (secondary N) is 3. The van der Waals surface area contributed by atoms with E-state index in [0.717, 1.165) is 30.0 Å². The van der Waals surface area contributed by atoms with Crippen LogP contribution in [0.1, 0.15) is 52.0 Å². The molecule has 28 heavy (non-hydrogen) atoms. The molecular formula is C20H22N4O4. The summed E-state index contributed by atoms with van der Waals surface area (Å²) >= 11 is 0. The Balaban J connectivity index is 1.33. The molecule has 1 aromatic carbocycles. The molecule has 8 heteroatoms. The van der Waals surface area contributed by atoms with Crippen LogP contribution >= 0.6 is 0 Å². The molecule has 3 heterocycles. The maximum atomic E-state index is 12.9. The van der Waals surface area contributed by atoms with Gasteiger partial charge in [-0.05, 0) is 56.0 Å². The molecule has 0 aromatic heterocycles. The van der Waals surface area contributed by atoms with E-state index in [2.05, 4.69) is 16.0 Å². The van der Waals surface area contributed by atoms with Crippen LogP contribution < -0.4 is 16.0 Å². The number of benzene rings is 1. The molecule has 4 amide bonds. The second-order valence-electron chi connectivity index (χ2n) is 8.19. The summed E-state index contributed by atoms with van der Waals surface area (Å²) in [6, 6.07) is 4.36. The van der Waals surface area contributed by atoms with Gasteiger partial charge in [-0.3, -0.25) is 29.4 Å². The lowest BCUT2D eigenvalue weighted by Gasteiger charge is -2.27. The van der Waals surface area contributed by atoms with Crippen molar-refractivity contribution in [1.82, 2.24) is 20.9 Å². The van der Waals surface area contributed by atoms with E-state index in [1.54, 1.807) is 12.1 Å². The van der Waals surface area contributed by atoms with Gasteiger partial charge in [0.1, 0.15) is 6.04 Å². The predicted octanol–water partition coefficient (Wildman–Crippen LogP) is -0.0706. The Morgan fingerprint density at radius 2 is 1.96 bits per heavy atom. The van der Waals surface area contributed by atoms with Gasteiger partial charge in [-0.15, -0.1) is 0 Å². The lowest BCUT2D eigenvalue weighted by atomic mass is 10.0. The Kier molecular flexibility index (Phi) is 3.89. The van der Waals surface area contributed by atoms with E-state index in [-0.39, 0.29) is 24.3 Å². The highest BCUT2D eigenvalue weighted by molar-refractivity contribution is 6.23. The monoisotopic (exact) mass is 382 g/mol. The molecule has 1 aromatic rings. The first-order valence-electron chi connectivity index (χ1n) is 9.79. The summed E-state index contributed by atoms with van der Waals surface area (Å²) in [5.41, 5.74) is 1.82. The molecule has 1 aliphatic carbocycles. The van der Waals surface area contributed by atoms with Gasteiger partial charge in [0.25, 0.3) is 11.8 Å². The highest BCUT2D eigenvalue weighted by Gasteiger charge is 2.54. The fourth-order valence-corrected chi connectivity index (χ4v) is 4.75. The maximum Gasteiger partial charge on any atom is 0.262 e. The van der Waals surface area contributed by atoms with Crippen molar-refractivity contribution in [3.63, 3.8) is 0 Å². The lowest BCUT2D eigenvalue weighted by Crippen LogP contribution is -2.54. The highest BCUT2D eigenvalue weighted by Crippen LogP contribution is 2.47. The molecule has 3 fully saturated rings. The fraction of sp³-hybridized carbons (Fsp3) is 0.500. The van der Waals surface area contributed by atoms with E-state index < -0.39 is 23.8 Å². The summed E-state index contributed by atoms with van der Waals surface area (Å²) in [5, 5.41) is 9.26. The Hall–Kier alpha value is -2.58. The van der Waals surface area contributed by atoms with Gasteiger partial charge in [-0.2, -0.15) is 0 Å². The largest absolute Gasteiger partial charge is 0.316 e. The first-order chi connectivity index (χ1) is 13.5. The van der Waals surface area contributed by atoms with Gasteiger partial charge in [0.2, 0.25) is 11.8 Å². The highest BCUT2D eigenvalue weighted by atomic mass is 16.2. The smallest absolute Gasteiger partial charge is 0.262 e. The van der Waals surface area contributed by atoms with Crippen LogP contribution in [0.15, 0.2) is 18.2 Å². The molecule has 0 radical (unpaired) electrons. The van der Waals surface area contributed by atoms with Crippen molar-refractivity contribution in [3.8, 4) is 0 Å². The number of hydrogen-bond donors (Lipinski definition) is 3. The van der Waals surface area contributed by atoms with Crippen molar-refractivity contribution in [2.24, 2.45) is 5.92 Å². The van der Waals surface area contributed by atoms with Crippen LogP contribution in [0.25, 0.3) is 0 Å². The molecule has 1 saturated carbocycles. The first kappa shape index (κ1) is 17.5. The molecule has 146 valence electrons. The number of amides is 4. The number of rotatable bonds is 4. The molecular weight excluding hydrogens is 360 g/mol. The Morgan fingerprint density at radius 3 is 2.75 bits per heavy atom. The van der Waals surface area contributed by atoms with E-state index in [1.165, 1.54) is 6.42 Å². The summed E-state index contributed by atoms with van der Waals surface area (Å²) in [6.07, 6.45) is 2.56. The topological polar surface area (TPSA) is 108 Å². The zero-order chi connectivity index (χ0) is 19.5. The molecule has 3 atom stereocenters. The second kappa shape index (κ2) is 6.22. The summed E-state index contributed by atoms with van der Waals surface area (Å²) in [4.78, 5) is 50.1. The minimum atomic E-state index is -0.924. The van der Waals surface area contributed by atoms with Crippen LogP contribution in [0, 0.1) is 5.92 Å². The van der Waals surface area contributed by atoms with Gasteiger partial charge >= 0.3 is 0 Å². The molecule has 3 unspecified atom stereocenters. The van der Waals surface area contributed by atoms with Gasteiger partial charge in [-0.25, -0.2) is 0 Å². The predicted molar refractivity (Wildman–Crippen MR) is 98.3 cm³/mol. The third-order valence-electron chi connectivity index (χ3n) is 6.52. The zero-order valence-corrected chi connectivity index (χ0v) is 15.4. The normalized spacial score (nSPS) is 31.5. The van der Waals surface area contributed by atoms with Crippen LogP contribution in [0.3, 0.4) is 0 Å². The standard InChI is InChI=1S/C20H22N4O4/c25-16-4-3-15(17(26)23-16)24-18(27)13-2-1-11(7-14(13)19(24)28)9-22-20-5-6-21-10-12(20)8-20/h1-2,7,12,15,21-22H,3-6,8-10H2,(H,23,25,26). The SMILES string of the molecule is O=C1CCC(N2C(=O)c3ccc(CNC45CCNCC4C5)cc3C2=O)C(=O)N1. The van der Waals surface area contributed by atoms with Crippen LogP contribution in [0.5, 0.6) is 0 Å². The van der Waals surface area contributed by atoms with Crippen LogP contribution in [-0.4, -0.2) is 53.2 Å². The van der Waals surface area contributed by atoms with E-state index in [0.29, 0.717) is 23.6 Å². The minimum absolute atomic E-state index is 0.122. The Morgan fingerprint density at radius 1 is 1.14 bits per heavy atom. The van der Waals surface area contributed by atoms with Gasteiger partial charge in [0, 0.05) is 18.5 Å². The fourth-order valence-electron chi connectivity index (χ4n) is 4.75.